The molecule has 0 amide bonds. The number of fused-ring (bicyclic) bond motifs is 1. The summed E-state index contributed by atoms with van der Waals surface area (Å²) in [5.74, 6) is 0. The summed E-state index contributed by atoms with van der Waals surface area (Å²) < 4.78 is 1.28. The molecule has 0 aliphatic rings. The summed E-state index contributed by atoms with van der Waals surface area (Å²) in [4.78, 5) is 0. The highest BCUT2D eigenvalue weighted by molar-refractivity contribution is 14.1. The summed E-state index contributed by atoms with van der Waals surface area (Å²) in [6, 6.07) is 10.7. The van der Waals surface area contributed by atoms with Crippen LogP contribution in [0, 0.1) is 3.57 Å². The number of allylic oxidation sites excluding steroid dienone is 1. The summed E-state index contributed by atoms with van der Waals surface area (Å²) >= 11 is 2.39. The van der Waals surface area contributed by atoms with E-state index in [0.717, 1.165) is 0 Å². The first-order valence-corrected chi connectivity index (χ1v) is 6.32. The van der Waals surface area contributed by atoms with Crippen molar-refractivity contribution in [3.05, 3.63) is 57.7 Å². The second-order valence-corrected chi connectivity index (χ2v) is 4.77. The van der Waals surface area contributed by atoms with Gasteiger partial charge in [-0.15, -0.1) is 0 Å². The molecule has 0 saturated carbocycles. The Hall–Kier alpha value is -1.09. The van der Waals surface area contributed by atoms with Crippen LogP contribution in [0.5, 0.6) is 0 Å². The lowest BCUT2D eigenvalue weighted by Gasteiger charge is -2.09. The van der Waals surface area contributed by atoms with Crippen LogP contribution in [0.25, 0.3) is 22.9 Å². The van der Waals surface area contributed by atoms with Gasteiger partial charge in [0, 0.05) is 3.57 Å². The monoisotopic (exact) mass is 320 g/mol. The second-order valence-electron chi connectivity index (χ2n) is 3.61. The zero-order valence-corrected chi connectivity index (χ0v) is 11.4. The smallest absolute Gasteiger partial charge is 0.0215 e. The van der Waals surface area contributed by atoms with E-state index in [0.29, 0.717) is 0 Å². The fourth-order valence-corrected chi connectivity index (χ4v) is 2.72. The van der Waals surface area contributed by atoms with Crippen LogP contribution < -0.4 is 0 Å². The highest BCUT2D eigenvalue weighted by Crippen LogP contribution is 2.29. The van der Waals surface area contributed by atoms with E-state index in [9.17, 15) is 0 Å². The summed E-state index contributed by atoms with van der Waals surface area (Å²) in [6.45, 7) is 5.95. The van der Waals surface area contributed by atoms with E-state index in [4.69, 9.17) is 0 Å². The zero-order chi connectivity index (χ0) is 11.5. The van der Waals surface area contributed by atoms with E-state index in [1.54, 1.807) is 0 Å². The van der Waals surface area contributed by atoms with Gasteiger partial charge in [-0.1, -0.05) is 49.1 Å². The first kappa shape index (κ1) is 11.4. The SMILES string of the molecule is C=Cc1c(/C=C\C)cc(I)c2ccccc12. The molecule has 16 heavy (non-hydrogen) atoms. The van der Waals surface area contributed by atoms with E-state index in [1.807, 2.05) is 13.0 Å². The van der Waals surface area contributed by atoms with E-state index in [-0.39, 0.29) is 0 Å². The highest BCUT2D eigenvalue weighted by atomic mass is 127. The van der Waals surface area contributed by atoms with Crippen molar-refractivity contribution in [2.24, 2.45) is 0 Å². The Morgan fingerprint density at radius 3 is 2.50 bits per heavy atom. The molecular weight excluding hydrogens is 307 g/mol. The normalized spacial score (nSPS) is 11.1. The van der Waals surface area contributed by atoms with E-state index >= 15 is 0 Å². The standard InChI is InChI=1S/C15H13I/c1-3-7-11-10-15(16)14-9-6-5-8-13(14)12(11)4-2/h3-10H,2H2,1H3/b7-3-. The fourth-order valence-electron chi connectivity index (χ4n) is 1.92. The Labute approximate surface area is 110 Å². The third-order valence-electron chi connectivity index (χ3n) is 2.62. The summed E-state index contributed by atoms with van der Waals surface area (Å²) in [6.07, 6.45) is 6.13. The largest absolute Gasteiger partial charge is 0.0984 e. The molecule has 0 bridgehead atoms. The first-order chi connectivity index (χ1) is 7.77. The number of rotatable bonds is 2. The molecule has 0 radical (unpaired) electrons. The Morgan fingerprint density at radius 2 is 1.88 bits per heavy atom. The van der Waals surface area contributed by atoms with Gasteiger partial charge in [-0.2, -0.15) is 0 Å². The number of halogens is 1. The topological polar surface area (TPSA) is 0 Å². The molecule has 1 heteroatoms. The number of benzene rings is 2. The third kappa shape index (κ3) is 1.92. The molecule has 0 saturated heterocycles. The maximum atomic E-state index is 3.92. The molecule has 80 valence electrons. The minimum absolute atomic E-state index is 1.22. The minimum Gasteiger partial charge on any atom is -0.0984 e. The average molecular weight is 320 g/mol. The lowest BCUT2D eigenvalue weighted by molar-refractivity contribution is 1.62. The molecule has 0 spiro atoms. The van der Waals surface area contributed by atoms with Crippen molar-refractivity contribution in [1.29, 1.82) is 0 Å². The van der Waals surface area contributed by atoms with Gasteiger partial charge in [0.05, 0.1) is 0 Å². The van der Waals surface area contributed by atoms with Crippen LogP contribution in [0.1, 0.15) is 18.1 Å². The van der Waals surface area contributed by atoms with E-state index in [1.165, 1.54) is 25.5 Å². The van der Waals surface area contributed by atoms with Gasteiger partial charge in [0.25, 0.3) is 0 Å². The molecule has 0 aliphatic heterocycles. The van der Waals surface area contributed by atoms with Crippen molar-refractivity contribution in [3.63, 3.8) is 0 Å². The Balaban J connectivity index is 2.89. The maximum Gasteiger partial charge on any atom is 0.0215 e. The van der Waals surface area contributed by atoms with Crippen molar-refractivity contribution in [1.82, 2.24) is 0 Å². The van der Waals surface area contributed by atoms with Crippen molar-refractivity contribution >= 4 is 45.5 Å². The van der Waals surface area contributed by atoms with Gasteiger partial charge in [0.15, 0.2) is 0 Å². The van der Waals surface area contributed by atoms with Gasteiger partial charge in [-0.3, -0.25) is 0 Å². The lowest BCUT2D eigenvalue weighted by Crippen LogP contribution is -1.87. The molecule has 2 aromatic rings. The van der Waals surface area contributed by atoms with Crippen LogP contribution in [-0.2, 0) is 0 Å². The van der Waals surface area contributed by atoms with Crippen molar-refractivity contribution < 1.29 is 0 Å². The Morgan fingerprint density at radius 1 is 1.19 bits per heavy atom. The summed E-state index contributed by atoms with van der Waals surface area (Å²) in [7, 11) is 0. The molecule has 0 nitrogen and oxygen atoms in total. The van der Waals surface area contributed by atoms with Crippen molar-refractivity contribution in [2.45, 2.75) is 6.92 Å². The predicted octanol–water partition coefficient (Wildman–Crippen LogP) is 5.12. The molecule has 2 aromatic carbocycles. The van der Waals surface area contributed by atoms with Gasteiger partial charge in [-0.05, 0) is 57.5 Å². The van der Waals surface area contributed by atoms with Gasteiger partial charge in [0.2, 0.25) is 0 Å². The van der Waals surface area contributed by atoms with E-state index < -0.39 is 0 Å². The van der Waals surface area contributed by atoms with Crippen molar-refractivity contribution in [2.75, 3.05) is 0 Å². The molecule has 0 heterocycles. The maximum absolute atomic E-state index is 3.92. The number of hydrogen-bond donors (Lipinski definition) is 0. The summed E-state index contributed by atoms with van der Waals surface area (Å²) in [5.41, 5.74) is 2.45. The third-order valence-corrected chi connectivity index (χ3v) is 3.51. The van der Waals surface area contributed by atoms with E-state index in [2.05, 4.69) is 71.7 Å². The molecular formula is C15H13I. The van der Waals surface area contributed by atoms with Crippen LogP contribution in [-0.4, -0.2) is 0 Å². The first-order valence-electron chi connectivity index (χ1n) is 5.24. The van der Waals surface area contributed by atoms with Crippen LogP contribution in [0.2, 0.25) is 0 Å². The van der Waals surface area contributed by atoms with Crippen molar-refractivity contribution in [3.8, 4) is 0 Å². The van der Waals surface area contributed by atoms with Gasteiger partial charge in [0.1, 0.15) is 0 Å². The predicted molar refractivity (Wildman–Crippen MR) is 81.5 cm³/mol. The molecule has 2 rings (SSSR count). The van der Waals surface area contributed by atoms with Gasteiger partial charge in [-0.25, -0.2) is 0 Å². The number of hydrogen-bond acceptors (Lipinski definition) is 0. The molecule has 0 aromatic heterocycles. The molecule has 0 aliphatic carbocycles. The molecule has 0 N–H and O–H groups in total. The van der Waals surface area contributed by atoms with Gasteiger partial charge < -0.3 is 0 Å². The minimum atomic E-state index is 1.22. The molecule has 0 unspecified atom stereocenters. The lowest BCUT2D eigenvalue weighted by atomic mass is 9.98. The average Bonchev–Trinajstić information content (AvgIpc) is 2.30. The van der Waals surface area contributed by atoms with Crippen LogP contribution >= 0.6 is 22.6 Å². The van der Waals surface area contributed by atoms with Crippen LogP contribution in [0.4, 0.5) is 0 Å². The highest BCUT2D eigenvalue weighted by Gasteiger charge is 2.05. The fraction of sp³-hybridized carbons (Fsp3) is 0.0667. The molecule has 0 fully saturated rings. The Bertz CT molecular complexity index is 565. The van der Waals surface area contributed by atoms with Gasteiger partial charge >= 0.3 is 0 Å². The van der Waals surface area contributed by atoms with Crippen LogP contribution in [0.3, 0.4) is 0 Å². The quantitative estimate of drug-likeness (QED) is 0.674. The van der Waals surface area contributed by atoms with Crippen LogP contribution in [0.15, 0.2) is 43.0 Å². The molecule has 0 atom stereocenters. The zero-order valence-electron chi connectivity index (χ0n) is 9.20. The second kappa shape index (κ2) is 4.83. The Kier molecular flexibility index (Phi) is 3.44. The summed E-state index contributed by atoms with van der Waals surface area (Å²) in [5, 5.41) is 2.57.